The SMILES string of the molecule is CC/C=C\C/C=C\C/C=C\C/C=C\C/C=C\C/C=C\C/C=C\C/C=C\C/C=C\CCCCCC(=O)OCC(COC(=O)CCCCCCC/C=C\CCC)OC(=O)CCCCCCC/C=C\CCCC. The maximum absolute atomic E-state index is 12.8. The first-order valence-corrected chi connectivity index (χ1v) is 28.2. The Hall–Kier alpha value is -4.45. The molecular formula is C64H102O6. The predicted octanol–water partition coefficient (Wildman–Crippen LogP) is 19.0. The summed E-state index contributed by atoms with van der Waals surface area (Å²) in [5.74, 6) is -0.963. The van der Waals surface area contributed by atoms with Crippen molar-refractivity contribution in [2.75, 3.05) is 13.2 Å². The molecule has 0 amide bonds. The van der Waals surface area contributed by atoms with E-state index in [0.717, 1.165) is 154 Å². The first kappa shape index (κ1) is 65.5. The van der Waals surface area contributed by atoms with Gasteiger partial charge in [0.15, 0.2) is 6.10 Å². The van der Waals surface area contributed by atoms with Crippen LogP contribution < -0.4 is 0 Å². The van der Waals surface area contributed by atoms with Crippen LogP contribution in [0.2, 0.25) is 0 Å². The van der Waals surface area contributed by atoms with Crippen molar-refractivity contribution in [1.82, 2.24) is 0 Å². The minimum Gasteiger partial charge on any atom is -0.462 e. The third-order valence-corrected chi connectivity index (χ3v) is 11.3. The summed E-state index contributed by atoms with van der Waals surface area (Å²) in [7, 11) is 0. The Morgan fingerprint density at radius 1 is 0.300 bits per heavy atom. The van der Waals surface area contributed by atoms with E-state index in [4.69, 9.17) is 14.2 Å². The zero-order valence-electron chi connectivity index (χ0n) is 45.0. The molecule has 0 spiro atoms. The van der Waals surface area contributed by atoms with Crippen LogP contribution in [0.4, 0.5) is 0 Å². The van der Waals surface area contributed by atoms with Crippen LogP contribution in [0.15, 0.2) is 134 Å². The van der Waals surface area contributed by atoms with Crippen molar-refractivity contribution in [1.29, 1.82) is 0 Å². The Balaban J connectivity index is 4.29. The fourth-order valence-electron chi connectivity index (χ4n) is 7.12. The molecule has 0 radical (unpaired) electrons. The van der Waals surface area contributed by atoms with Gasteiger partial charge in [0.05, 0.1) is 0 Å². The lowest BCUT2D eigenvalue weighted by molar-refractivity contribution is -0.167. The van der Waals surface area contributed by atoms with Gasteiger partial charge in [-0.05, 0) is 128 Å². The van der Waals surface area contributed by atoms with Gasteiger partial charge in [-0.15, -0.1) is 0 Å². The van der Waals surface area contributed by atoms with Crippen LogP contribution in [0, 0.1) is 0 Å². The molecule has 0 bridgehead atoms. The van der Waals surface area contributed by atoms with E-state index < -0.39 is 6.10 Å². The minimum atomic E-state index is -0.802. The summed E-state index contributed by atoms with van der Waals surface area (Å²) < 4.78 is 16.7. The summed E-state index contributed by atoms with van der Waals surface area (Å²) in [4.78, 5) is 37.9. The highest BCUT2D eigenvalue weighted by Crippen LogP contribution is 2.13. The van der Waals surface area contributed by atoms with E-state index in [1.165, 1.54) is 38.5 Å². The standard InChI is InChI=1S/C64H102O6/c1-4-7-10-13-16-19-22-23-24-25-26-27-28-29-30-31-32-33-34-35-36-37-38-39-40-41-43-45-48-51-54-57-63(66)69-60-61(59-68-62(65)56-53-50-47-44-21-18-15-12-9-6-3)70-64(67)58-55-52-49-46-42-20-17-14-11-8-5-2/h7,10,12,14-17,19,23-24,26-27,29-30,32-33,35-36,38-39,41,43,61H,4-6,8-9,11,13,18,20-22,25,28,31,34,37,40,42,44-60H2,1-3H3/b10-7-,15-12-,17-14-,19-16-,24-23-,27-26-,30-29-,33-32-,36-35-,39-38-,43-41-. The summed E-state index contributed by atoms with van der Waals surface area (Å²) in [5.41, 5.74) is 0. The van der Waals surface area contributed by atoms with E-state index in [1.54, 1.807) is 0 Å². The Morgan fingerprint density at radius 3 is 0.957 bits per heavy atom. The van der Waals surface area contributed by atoms with E-state index in [9.17, 15) is 14.4 Å². The largest absolute Gasteiger partial charge is 0.462 e. The van der Waals surface area contributed by atoms with Gasteiger partial charge in [0.2, 0.25) is 0 Å². The third kappa shape index (κ3) is 54.5. The maximum Gasteiger partial charge on any atom is 0.306 e. The smallest absolute Gasteiger partial charge is 0.306 e. The van der Waals surface area contributed by atoms with E-state index in [1.807, 2.05) is 0 Å². The topological polar surface area (TPSA) is 78.9 Å². The molecule has 0 aliphatic rings. The van der Waals surface area contributed by atoms with Gasteiger partial charge < -0.3 is 14.2 Å². The first-order chi connectivity index (χ1) is 34.5. The van der Waals surface area contributed by atoms with Crippen LogP contribution in [0.3, 0.4) is 0 Å². The molecule has 0 aromatic heterocycles. The number of hydrogen-bond acceptors (Lipinski definition) is 6. The van der Waals surface area contributed by atoms with Gasteiger partial charge in [0.1, 0.15) is 13.2 Å². The number of carbonyl (C=O) groups is 3. The van der Waals surface area contributed by atoms with Crippen LogP contribution in [0.1, 0.15) is 233 Å². The zero-order valence-corrected chi connectivity index (χ0v) is 45.0. The Kier molecular flexibility index (Phi) is 53.5. The highest BCUT2D eigenvalue weighted by Gasteiger charge is 2.19. The summed E-state index contributed by atoms with van der Waals surface area (Å²) in [6, 6.07) is 0. The van der Waals surface area contributed by atoms with Crippen molar-refractivity contribution in [2.45, 2.75) is 239 Å². The van der Waals surface area contributed by atoms with Gasteiger partial charge in [0.25, 0.3) is 0 Å². The molecule has 0 saturated heterocycles. The molecule has 0 aromatic carbocycles. The fourth-order valence-corrected chi connectivity index (χ4v) is 7.12. The summed E-state index contributed by atoms with van der Waals surface area (Å²) in [5, 5.41) is 0. The highest BCUT2D eigenvalue weighted by atomic mass is 16.6. The fraction of sp³-hybridized carbons (Fsp3) is 0.609. The van der Waals surface area contributed by atoms with E-state index >= 15 is 0 Å². The van der Waals surface area contributed by atoms with Crippen molar-refractivity contribution < 1.29 is 28.6 Å². The van der Waals surface area contributed by atoms with Crippen molar-refractivity contribution >= 4 is 17.9 Å². The molecule has 1 unspecified atom stereocenters. The van der Waals surface area contributed by atoms with Crippen LogP contribution in [-0.4, -0.2) is 37.2 Å². The lowest BCUT2D eigenvalue weighted by atomic mass is 10.1. The molecule has 0 rings (SSSR count). The normalized spacial score (nSPS) is 13.1. The number of allylic oxidation sites excluding steroid dienone is 22. The van der Waals surface area contributed by atoms with Crippen molar-refractivity contribution in [3.63, 3.8) is 0 Å². The molecule has 0 saturated carbocycles. The second-order valence-electron chi connectivity index (χ2n) is 18.1. The summed E-state index contributed by atoms with van der Waals surface area (Å²) in [6.07, 6.45) is 80.3. The van der Waals surface area contributed by atoms with Crippen molar-refractivity contribution in [2.24, 2.45) is 0 Å². The number of unbranched alkanes of at least 4 members (excludes halogenated alkanes) is 16. The molecule has 0 N–H and O–H groups in total. The lowest BCUT2D eigenvalue weighted by Crippen LogP contribution is -2.30. The second kappa shape index (κ2) is 57.1. The summed E-state index contributed by atoms with van der Waals surface area (Å²) in [6.45, 7) is 6.36. The monoisotopic (exact) mass is 967 g/mol. The molecule has 0 aliphatic carbocycles. The second-order valence-corrected chi connectivity index (χ2v) is 18.1. The number of hydrogen-bond donors (Lipinski definition) is 0. The molecule has 1 atom stereocenters. The number of esters is 3. The first-order valence-electron chi connectivity index (χ1n) is 28.2. The van der Waals surface area contributed by atoms with E-state index in [-0.39, 0.29) is 31.1 Å². The molecule has 394 valence electrons. The number of ether oxygens (including phenoxy) is 3. The molecule has 6 heteroatoms. The predicted molar refractivity (Wildman–Crippen MR) is 302 cm³/mol. The van der Waals surface area contributed by atoms with Crippen LogP contribution in [0.25, 0.3) is 0 Å². The van der Waals surface area contributed by atoms with E-state index in [0.29, 0.717) is 19.3 Å². The molecule has 0 fully saturated rings. The van der Waals surface area contributed by atoms with Gasteiger partial charge in [-0.25, -0.2) is 0 Å². The highest BCUT2D eigenvalue weighted by molar-refractivity contribution is 5.71. The van der Waals surface area contributed by atoms with Crippen LogP contribution in [-0.2, 0) is 28.6 Å². The Morgan fingerprint density at radius 2 is 0.586 bits per heavy atom. The molecular weight excluding hydrogens is 865 g/mol. The molecule has 0 aliphatic heterocycles. The lowest BCUT2D eigenvalue weighted by Gasteiger charge is -2.18. The molecule has 70 heavy (non-hydrogen) atoms. The average molecular weight is 968 g/mol. The van der Waals surface area contributed by atoms with Gasteiger partial charge in [0, 0.05) is 19.3 Å². The van der Waals surface area contributed by atoms with Gasteiger partial charge in [-0.3, -0.25) is 14.4 Å². The third-order valence-electron chi connectivity index (χ3n) is 11.3. The van der Waals surface area contributed by atoms with Gasteiger partial charge in [-0.2, -0.15) is 0 Å². The van der Waals surface area contributed by atoms with E-state index in [2.05, 4.69) is 154 Å². The molecule has 6 nitrogen and oxygen atoms in total. The molecule has 0 heterocycles. The van der Waals surface area contributed by atoms with Crippen molar-refractivity contribution in [3.8, 4) is 0 Å². The molecule has 0 aromatic rings. The van der Waals surface area contributed by atoms with Gasteiger partial charge in [-0.1, -0.05) is 219 Å². The maximum atomic E-state index is 12.8. The van der Waals surface area contributed by atoms with Crippen LogP contribution in [0.5, 0.6) is 0 Å². The van der Waals surface area contributed by atoms with Gasteiger partial charge >= 0.3 is 17.9 Å². The zero-order chi connectivity index (χ0) is 50.7. The van der Waals surface area contributed by atoms with Crippen LogP contribution >= 0.6 is 0 Å². The summed E-state index contributed by atoms with van der Waals surface area (Å²) >= 11 is 0. The average Bonchev–Trinajstić information content (AvgIpc) is 3.36. The minimum absolute atomic E-state index is 0.100. The Labute approximate surface area is 430 Å². The van der Waals surface area contributed by atoms with Crippen molar-refractivity contribution in [3.05, 3.63) is 134 Å². The number of rotatable bonds is 49. The number of carbonyl (C=O) groups excluding carboxylic acids is 3. The Bertz CT molecular complexity index is 1530. The quantitative estimate of drug-likeness (QED) is 0.0262.